The first-order valence-electron chi connectivity index (χ1n) is 0. The summed E-state index contributed by atoms with van der Waals surface area (Å²) < 4.78 is 0. The van der Waals surface area contributed by atoms with Gasteiger partial charge in [0, 0.05) is 34.1 Å². The van der Waals surface area contributed by atoms with Gasteiger partial charge < -0.3 is 0 Å². The molecule has 0 aromatic heterocycles. The van der Waals surface area contributed by atoms with E-state index in [9.17, 15) is 0 Å². The molecule has 0 nitrogen and oxygen atoms in total. The van der Waals surface area contributed by atoms with Crippen molar-refractivity contribution in [2.24, 2.45) is 0 Å². The summed E-state index contributed by atoms with van der Waals surface area (Å²) in [6.07, 6.45) is 0. The molecule has 4 heavy (non-hydrogen) atoms. The molecule has 0 unspecified atom stereocenters. The molecule has 0 bridgehead atoms. The van der Waals surface area contributed by atoms with Crippen molar-refractivity contribution < 1.29 is 34.1 Å². The van der Waals surface area contributed by atoms with Gasteiger partial charge in [-0.2, -0.15) is 13.5 Å². The quantitative estimate of drug-likeness (QED) is 0.495. The molecular weight excluding hydrogens is 274 g/mol. The van der Waals surface area contributed by atoms with Gasteiger partial charge in [-0.15, -0.1) is 0 Å². The number of rotatable bonds is 0. The van der Waals surface area contributed by atoms with E-state index in [-0.39, 0.29) is 73.5 Å². The van der Waals surface area contributed by atoms with Crippen molar-refractivity contribution in [1.82, 2.24) is 0 Å². The van der Waals surface area contributed by atoms with Gasteiger partial charge in [-0.3, -0.25) is 0 Å². The van der Waals surface area contributed by atoms with E-state index in [2.05, 4.69) is 0 Å². The third-order valence-electron chi connectivity index (χ3n) is 0. The molecule has 0 N–H and O–H groups in total. The van der Waals surface area contributed by atoms with Crippen molar-refractivity contribution >= 4 is 39.3 Å². The van der Waals surface area contributed by atoms with Crippen molar-refractivity contribution in [2.45, 2.75) is 0 Å². The summed E-state index contributed by atoms with van der Waals surface area (Å²) in [6, 6.07) is 0. The molecule has 0 saturated heterocycles. The maximum absolute atomic E-state index is 0. The zero-order valence-corrected chi connectivity index (χ0v) is 3.99. The number of hydrogen-bond donors (Lipinski definition) is 0. The van der Waals surface area contributed by atoms with Gasteiger partial charge in [-0.1, -0.05) is 0 Å². The Morgan fingerprint density at radius 2 is 0.750 bits per heavy atom. The minimum atomic E-state index is 0. The molecule has 0 aromatic carbocycles. The molecule has 4 heteroatoms. The Labute approximate surface area is 72.7 Å². The standard InChI is InChI=1S/2Cu.In.H2S.3H/h;;;1H2;;;. The van der Waals surface area contributed by atoms with Crippen LogP contribution in [0.25, 0.3) is 0 Å². The summed E-state index contributed by atoms with van der Waals surface area (Å²) in [5, 5.41) is 0. The van der Waals surface area contributed by atoms with Crippen LogP contribution in [-0.2, 0) is 34.1 Å². The van der Waals surface area contributed by atoms with E-state index < -0.39 is 0 Å². The van der Waals surface area contributed by atoms with Crippen molar-refractivity contribution in [3.63, 3.8) is 0 Å². The molecule has 0 aliphatic heterocycles. The molecule has 36 valence electrons. The molecule has 0 aliphatic rings. The molecular formula is H5Cu2InS. The monoisotopic (exact) mass is 278 g/mol. The van der Waals surface area contributed by atoms with Gasteiger partial charge in [0.1, 0.15) is 0 Å². The molecule has 0 aliphatic carbocycles. The van der Waals surface area contributed by atoms with E-state index >= 15 is 0 Å². The molecule has 0 heterocycles. The van der Waals surface area contributed by atoms with Gasteiger partial charge in [0.25, 0.3) is 0 Å². The van der Waals surface area contributed by atoms with Crippen LogP contribution < -0.4 is 0 Å². The van der Waals surface area contributed by atoms with Crippen LogP contribution in [0.1, 0.15) is 0 Å². The van der Waals surface area contributed by atoms with Crippen LogP contribution >= 0.6 is 13.5 Å². The van der Waals surface area contributed by atoms with Crippen LogP contribution in [0.15, 0.2) is 0 Å². The third kappa shape index (κ3) is 8.86. The molecule has 0 fully saturated rings. The Kier molecular flexibility index (Phi) is 159. The second kappa shape index (κ2) is 18.7. The fourth-order valence-electron chi connectivity index (χ4n) is 0. The fourth-order valence-corrected chi connectivity index (χ4v) is 0. The normalized spacial score (nSPS) is 0. The van der Waals surface area contributed by atoms with E-state index in [0.717, 1.165) is 0 Å². The van der Waals surface area contributed by atoms with Crippen LogP contribution in [0.4, 0.5) is 0 Å². The summed E-state index contributed by atoms with van der Waals surface area (Å²) in [4.78, 5) is 0. The molecule has 0 amide bonds. The predicted octanol–water partition coefficient (Wildman–Crippen LogP) is -1.08. The van der Waals surface area contributed by atoms with E-state index in [1.807, 2.05) is 0 Å². The summed E-state index contributed by atoms with van der Waals surface area (Å²) in [6.45, 7) is 0. The van der Waals surface area contributed by atoms with Crippen LogP contribution in [0.3, 0.4) is 0 Å². The maximum atomic E-state index is 0. The zero-order valence-electron chi connectivity index (χ0n) is 1.10. The van der Waals surface area contributed by atoms with E-state index in [4.69, 9.17) is 0 Å². The molecule has 2 radical (unpaired) electrons. The predicted molar refractivity (Wildman–Crippen MR) is 20.3 cm³/mol. The molecule has 0 saturated carbocycles. The summed E-state index contributed by atoms with van der Waals surface area (Å²) >= 11 is 0. The van der Waals surface area contributed by atoms with Crippen LogP contribution in [0, 0.1) is 0 Å². The molecule has 0 rings (SSSR count). The molecule has 0 aromatic rings. The topological polar surface area (TPSA) is 0 Å². The van der Waals surface area contributed by atoms with Gasteiger partial charge in [-0.05, 0) is 0 Å². The first kappa shape index (κ1) is 33.9. The van der Waals surface area contributed by atoms with Gasteiger partial charge in [0.2, 0.25) is 0 Å². The van der Waals surface area contributed by atoms with Gasteiger partial charge >= 0.3 is 25.8 Å². The van der Waals surface area contributed by atoms with E-state index in [0.29, 0.717) is 0 Å². The first-order valence-corrected chi connectivity index (χ1v) is 0. The minimum absolute atomic E-state index is 0. The zero-order chi connectivity index (χ0) is 0. The first-order chi connectivity index (χ1) is 0. The van der Waals surface area contributed by atoms with E-state index in [1.165, 1.54) is 0 Å². The SMILES string of the molecule is S.[Cu].[Cu].[InH3]. The van der Waals surface area contributed by atoms with Gasteiger partial charge in [0.15, 0.2) is 0 Å². The van der Waals surface area contributed by atoms with Crippen molar-refractivity contribution in [2.75, 3.05) is 0 Å². The Morgan fingerprint density at radius 3 is 0.750 bits per heavy atom. The number of hydrogen-bond acceptors (Lipinski definition) is 0. The Morgan fingerprint density at radius 1 is 0.750 bits per heavy atom. The fraction of sp³-hybridized carbons (Fsp3) is 0. The second-order valence-corrected chi connectivity index (χ2v) is 0. The van der Waals surface area contributed by atoms with Crippen molar-refractivity contribution in [3.8, 4) is 0 Å². The van der Waals surface area contributed by atoms with Crippen molar-refractivity contribution in [3.05, 3.63) is 0 Å². The van der Waals surface area contributed by atoms with Gasteiger partial charge in [0.05, 0.1) is 0 Å². The summed E-state index contributed by atoms with van der Waals surface area (Å²) in [5.74, 6) is 0. The Balaban J connectivity index is 0. The average Bonchev–Trinajstić information content (AvgIpc) is 0. The van der Waals surface area contributed by atoms with Crippen LogP contribution in [-0.4, -0.2) is 25.8 Å². The Bertz CT molecular complexity index is 6.00. The third-order valence-corrected chi connectivity index (χ3v) is 0. The summed E-state index contributed by atoms with van der Waals surface area (Å²) in [7, 11) is 0. The van der Waals surface area contributed by atoms with Crippen LogP contribution in [0.5, 0.6) is 0 Å². The van der Waals surface area contributed by atoms with E-state index in [1.54, 1.807) is 0 Å². The Hall–Kier alpha value is 2.26. The molecule has 0 spiro atoms. The second-order valence-electron chi connectivity index (χ2n) is 0. The average molecular weight is 279 g/mol. The van der Waals surface area contributed by atoms with Gasteiger partial charge in [-0.25, -0.2) is 0 Å². The van der Waals surface area contributed by atoms with Crippen molar-refractivity contribution in [1.29, 1.82) is 0 Å². The van der Waals surface area contributed by atoms with Crippen LogP contribution in [0.2, 0.25) is 0 Å². The summed E-state index contributed by atoms with van der Waals surface area (Å²) in [5.41, 5.74) is 0. The molecule has 0 atom stereocenters.